The molecular formula is C22H26N4O3S. The smallest absolute Gasteiger partial charge is 0.243 e. The van der Waals surface area contributed by atoms with Gasteiger partial charge in [-0.05, 0) is 55.8 Å². The van der Waals surface area contributed by atoms with Crippen LogP contribution in [-0.2, 0) is 10.0 Å². The summed E-state index contributed by atoms with van der Waals surface area (Å²) >= 11 is 0. The summed E-state index contributed by atoms with van der Waals surface area (Å²) < 4.78 is 35.6. The Balaban J connectivity index is 1.53. The van der Waals surface area contributed by atoms with Gasteiger partial charge < -0.3 is 4.74 Å². The first-order valence-electron chi connectivity index (χ1n) is 10.0. The van der Waals surface area contributed by atoms with E-state index in [4.69, 9.17) is 4.74 Å². The lowest BCUT2D eigenvalue weighted by molar-refractivity contribution is 0.246. The summed E-state index contributed by atoms with van der Waals surface area (Å²) in [6, 6.07) is 17.2. The van der Waals surface area contributed by atoms with E-state index in [9.17, 15) is 8.42 Å². The molecule has 3 aromatic rings. The zero-order valence-corrected chi connectivity index (χ0v) is 17.8. The Morgan fingerprint density at radius 2 is 1.87 bits per heavy atom. The van der Waals surface area contributed by atoms with E-state index in [-0.39, 0.29) is 17.5 Å². The van der Waals surface area contributed by atoms with Gasteiger partial charge in [0.1, 0.15) is 10.6 Å². The molecule has 1 aromatic heterocycles. The Hall–Kier alpha value is -2.68. The van der Waals surface area contributed by atoms with E-state index in [1.165, 1.54) is 12.4 Å². The lowest BCUT2D eigenvalue weighted by Gasteiger charge is -2.28. The molecule has 4 rings (SSSR count). The van der Waals surface area contributed by atoms with Crippen molar-refractivity contribution < 1.29 is 13.2 Å². The third-order valence-electron chi connectivity index (χ3n) is 5.42. The lowest BCUT2D eigenvalue weighted by atomic mass is 10.1. The average Bonchev–Trinajstić information content (AvgIpc) is 3.48. The molecule has 2 aromatic carbocycles. The number of nitrogens with zero attached hydrogens (tertiary/aromatic N) is 3. The van der Waals surface area contributed by atoms with E-state index in [0.29, 0.717) is 0 Å². The van der Waals surface area contributed by atoms with Gasteiger partial charge in [0, 0.05) is 12.6 Å². The molecule has 0 radical (unpaired) electrons. The van der Waals surface area contributed by atoms with Crippen molar-refractivity contribution in [1.82, 2.24) is 19.4 Å². The van der Waals surface area contributed by atoms with Crippen LogP contribution in [0.5, 0.6) is 5.75 Å². The minimum atomic E-state index is -3.69. The van der Waals surface area contributed by atoms with E-state index >= 15 is 0 Å². The summed E-state index contributed by atoms with van der Waals surface area (Å²) in [7, 11) is -2.05. The van der Waals surface area contributed by atoms with Crippen LogP contribution >= 0.6 is 0 Å². The predicted octanol–water partition coefficient (Wildman–Crippen LogP) is 3.00. The Morgan fingerprint density at radius 3 is 2.60 bits per heavy atom. The summed E-state index contributed by atoms with van der Waals surface area (Å²) in [4.78, 5) is 2.47. The largest absolute Gasteiger partial charge is 0.497 e. The minimum absolute atomic E-state index is 0.0541. The van der Waals surface area contributed by atoms with Gasteiger partial charge in [-0.1, -0.05) is 30.3 Å². The zero-order valence-electron chi connectivity index (χ0n) is 16.9. The van der Waals surface area contributed by atoms with Gasteiger partial charge in [0.2, 0.25) is 10.0 Å². The van der Waals surface area contributed by atoms with Crippen molar-refractivity contribution in [3.63, 3.8) is 0 Å². The van der Waals surface area contributed by atoms with Crippen LogP contribution in [0.3, 0.4) is 0 Å². The van der Waals surface area contributed by atoms with Crippen molar-refractivity contribution in [2.24, 2.45) is 0 Å². The van der Waals surface area contributed by atoms with Gasteiger partial charge in [-0.2, -0.15) is 5.10 Å². The number of para-hydroxylation sites is 1. The van der Waals surface area contributed by atoms with E-state index in [1.807, 2.05) is 54.6 Å². The van der Waals surface area contributed by atoms with Crippen LogP contribution < -0.4 is 9.46 Å². The van der Waals surface area contributed by atoms with E-state index in [2.05, 4.69) is 14.7 Å². The molecule has 30 heavy (non-hydrogen) atoms. The molecule has 1 unspecified atom stereocenters. The van der Waals surface area contributed by atoms with Crippen molar-refractivity contribution in [3.8, 4) is 11.4 Å². The summed E-state index contributed by atoms with van der Waals surface area (Å²) in [5.74, 6) is 0.767. The summed E-state index contributed by atoms with van der Waals surface area (Å²) in [6.07, 6.45) is 5.16. The first-order valence-corrected chi connectivity index (χ1v) is 11.5. The SMILES string of the molecule is COc1cccc(C(CNS(=O)(=O)c2cnn(-c3ccccc3)c2)N2CCCC2)c1. The van der Waals surface area contributed by atoms with Crippen molar-refractivity contribution in [2.45, 2.75) is 23.8 Å². The van der Waals surface area contributed by atoms with Gasteiger partial charge in [0.05, 0.1) is 25.2 Å². The third-order valence-corrected chi connectivity index (χ3v) is 6.79. The Labute approximate surface area is 177 Å². The number of hydrogen-bond donors (Lipinski definition) is 1. The van der Waals surface area contributed by atoms with Gasteiger partial charge in [-0.15, -0.1) is 0 Å². The number of likely N-dealkylation sites (tertiary alicyclic amines) is 1. The monoisotopic (exact) mass is 426 g/mol. The maximum atomic E-state index is 12.9. The van der Waals surface area contributed by atoms with Crippen LogP contribution in [0, 0.1) is 0 Å². The molecule has 7 nitrogen and oxygen atoms in total. The molecule has 0 aliphatic carbocycles. The molecule has 1 aliphatic rings. The van der Waals surface area contributed by atoms with E-state index in [0.717, 1.165) is 42.9 Å². The summed E-state index contributed by atoms with van der Waals surface area (Å²) in [6.45, 7) is 2.19. The molecule has 158 valence electrons. The molecule has 8 heteroatoms. The normalized spacial score (nSPS) is 15.9. The van der Waals surface area contributed by atoms with Crippen molar-refractivity contribution in [2.75, 3.05) is 26.7 Å². The molecule has 1 fully saturated rings. The zero-order chi connectivity index (χ0) is 21.0. The van der Waals surface area contributed by atoms with Crippen molar-refractivity contribution in [1.29, 1.82) is 0 Å². The first-order chi connectivity index (χ1) is 14.6. The molecule has 0 amide bonds. The van der Waals surface area contributed by atoms with Crippen LogP contribution in [-0.4, -0.2) is 49.8 Å². The highest BCUT2D eigenvalue weighted by Crippen LogP contribution is 2.27. The second kappa shape index (κ2) is 8.99. The molecule has 0 spiro atoms. The third kappa shape index (κ3) is 4.56. The molecular weight excluding hydrogens is 400 g/mol. The molecule has 0 bridgehead atoms. The molecule has 1 atom stereocenters. The number of aromatic nitrogens is 2. The maximum Gasteiger partial charge on any atom is 0.243 e. The van der Waals surface area contributed by atoms with Crippen molar-refractivity contribution >= 4 is 10.0 Å². The van der Waals surface area contributed by atoms with Gasteiger partial charge >= 0.3 is 0 Å². The number of benzene rings is 2. The molecule has 1 aliphatic heterocycles. The number of ether oxygens (including phenoxy) is 1. The van der Waals surface area contributed by atoms with Crippen LogP contribution in [0.1, 0.15) is 24.4 Å². The summed E-state index contributed by atoms with van der Waals surface area (Å²) in [5, 5.41) is 4.21. The van der Waals surface area contributed by atoms with E-state index < -0.39 is 10.0 Å². The fourth-order valence-corrected chi connectivity index (χ4v) is 4.77. The second-order valence-electron chi connectivity index (χ2n) is 7.34. The number of sulfonamides is 1. The van der Waals surface area contributed by atoms with Crippen LogP contribution in [0.25, 0.3) is 5.69 Å². The Kier molecular flexibility index (Phi) is 6.17. The fraction of sp³-hybridized carbons (Fsp3) is 0.318. The van der Waals surface area contributed by atoms with Gasteiger partial charge in [0.15, 0.2) is 0 Å². The van der Waals surface area contributed by atoms with Crippen molar-refractivity contribution in [3.05, 3.63) is 72.6 Å². The molecule has 1 saturated heterocycles. The maximum absolute atomic E-state index is 12.9. The first kappa shape index (κ1) is 20.6. The topological polar surface area (TPSA) is 76.5 Å². The highest BCUT2D eigenvalue weighted by Gasteiger charge is 2.26. The molecule has 0 saturated carbocycles. The Bertz CT molecular complexity index is 1080. The molecule has 2 heterocycles. The number of hydrogen-bond acceptors (Lipinski definition) is 5. The van der Waals surface area contributed by atoms with Gasteiger partial charge in [-0.25, -0.2) is 17.8 Å². The highest BCUT2D eigenvalue weighted by atomic mass is 32.2. The predicted molar refractivity (Wildman–Crippen MR) is 115 cm³/mol. The Morgan fingerprint density at radius 1 is 1.10 bits per heavy atom. The van der Waals surface area contributed by atoms with E-state index in [1.54, 1.807) is 11.8 Å². The number of rotatable bonds is 8. The van der Waals surface area contributed by atoms with Crippen LogP contribution in [0.4, 0.5) is 0 Å². The van der Waals surface area contributed by atoms with Crippen LogP contribution in [0.2, 0.25) is 0 Å². The van der Waals surface area contributed by atoms with Crippen LogP contribution in [0.15, 0.2) is 71.9 Å². The fourth-order valence-electron chi connectivity index (χ4n) is 3.80. The standard InChI is InChI=1S/C22H26N4O3S/c1-29-20-11-7-8-18(14-20)22(25-12-5-6-13-25)16-24-30(27,28)21-15-23-26(17-21)19-9-3-2-4-10-19/h2-4,7-11,14-15,17,22,24H,5-6,12-13,16H2,1H3. The number of methoxy groups -OCH3 is 1. The van der Waals surface area contributed by atoms with Gasteiger partial charge in [0.25, 0.3) is 0 Å². The second-order valence-corrected chi connectivity index (χ2v) is 9.11. The summed E-state index contributed by atoms with van der Waals surface area (Å²) in [5.41, 5.74) is 1.85. The van der Waals surface area contributed by atoms with Gasteiger partial charge in [-0.3, -0.25) is 4.90 Å². The molecule has 1 N–H and O–H groups in total. The minimum Gasteiger partial charge on any atom is -0.497 e. The quantitative estimate of drug-likeness (QED) is 0.599. The lowest BCUT2D eigenvalue weighted by Crippen LogP contribution is -2.36. The highest BCUT2D eigenvalue weighted by molar-refractivity contribution is 7.89. The average molecular weight is 427 g/mol. The number of nitrogens with one attached hydrogen (secondary N) is 1.